The fourth-order valence-corrected chi connectivity index (χ4v) is 5.24. The molecule has 0 fully saturated rings. The van der Waals surface area contributed by atoms with Crippen molar-refractivity contribution in [3.8, 4) is 0 Å². The fourth-order valence-electron chi connectivity index (χ4n) is 1.97. The van der Waals surface area contributed by atoms with Crippen molar-refractivity contribution in [3.05, 3.63) is 30.3 Å². The van der Waals surface area contributed by atoms with Gasteiger partial charge in [-0.1, -0.05) is 51.1 Å². The van der Waals surface area contributed by atoms with Crippen LogP contribution in [0.5, 0.6) is 0 Å². The first-order chi connectivity index (χ1) is 10.5. The van der Waals surface area contributed by atoms with E-state index in [0.717, 1.165) is 24.4 Å². The van der Waals surface area contributed by atoms with E-state index in [0.29, 0.717) is 0 Å². The summed E-state index contributed by atoms with van der Waals surface area (Å²) >= 11 is 0. The second kappa shape index (κ2) is 9.45. The molecular weight excluding hydrogens is 292 g/mol. The van der Waals surface area contributed by atoms with E-state index in [9.17, 15) is 0 Å². The minimum atomic E-state index is -2.92. The molecule has 0 saturated carbocycles. The number of hydrogen-bond donors (Lipinski definition) is 0. The van der Waals surface area contributed by atoms with Crippen LogP contribution >= 0.6 is 0 Å². The Hall–Kier alpha value is -0.683. The van der Waals surface area contributed by atoms with Gasteiger partial charge in [0, 0.05) is 23.5 Å². The second-order valence-electron chi connectivity index (χ2n) is 5.93. The Balaban J connectivity index is 3.21. The summed E-state index contributed by atoms with van der Waals surface area (Å²) in [4.78, 5) is 0. The van der Waals surface area contributed by atoms with Gasteiger partial charge in [-0.05, 0) is 40.0 Å². The van der Waals surface area contributed by atoms with Crippen LogP contribution < -0.4 is 5.19 Å². The molecule has 0 heterocycles. The molecule has 3 atom stereocenters. The molecule has 22 heavy (non-hydrogen) atoms. The predicted octanol–water partition coefficient (Wildman–Crippen LogP) is 4.28. The van der Waals surface area contributed by atoms with Crippen LogP contribution in [-0.4, -0.2) is 27.1 Å². The summed E-state index contributed by atoms with van der Waals surface area (Å²) in [6.45, 7) is 12.6. The van der Waals surface area contributed by atoms with Crippen LogP contribution in [0.4, 0.5) is 0 Å². The lowest BCUT2D eigenvalue weighted by Gasteiger charge is -2.36. The minimum absolute atomic E-state index is 0.111. The number of rotatable bonds is 10. The molecule has 0 aliphatic rings. The smallest absolute Gasteiger partial charge is 0.367 e. The maximum atomic E-state index is 6.41. The van der Waals surface area contributed by atoms with Gasteiger partial charge >= 0.3 is 8.80 Å². The average Bonchev–Trinajstić information content (AvgIpc) is 2.54. The van der Waals surface area contributed by atoms with E-state index in [1.54, 1.807) is 0 Å². The van der Waals surface area contributed by atoms with Crippen molar-refractivity contribution >= 4 is 14.0 Å². The van der Waals surface area contributed by atoms with Gasteiger partial charge in [0.25, 0.3) is 0 Å². The van der Waals surface area contributed by atoms with Crippen molar-refractivity contribution in [2.45, 2.75) is 79.1 Å². The Morgan fingerprint density at radius 3 is 1.41 bits per heavy atom. The molecule has 126 valence electrons. The van der Waals surface area contributed by atoms with Crippen molar-refractivity contribution in [1.82, 2.24) is 0 Å². The van der Waals surface area contributed by atoms with Crippen LogP contribution in [0.1, 0.15) is 60.8 Å². The average molecular weight is 325 g/mol. The van der Waals surface area contributed by atoms with Gasteiger partial charge in [0.2, 0.25) is 0 Å². The van der Waals surface area contributed by atoms with Gasteiger partial charge in [-0.25, -0.2) is 0 Å². The van der Waals surface area contributed by atoms with Gasteiger partial charge in [-0.3, -0.25) is 0 Å². The first-order valence-corrected chi connectivity index (χ1v) is 10.3. The van der Waals surface area contributed by atoms with Crippen molar-refractivity contribution in [2.75, 3.05) is 0 Å². The third-order valence-electron chi connectivity index (χ3n) is 3.92. The predicted molar refractivity (Wildman–Crippen MR) is 94.3 cm³/mol. The molecule has 1 aromatic carbocycles. The summed E-state index contributed by atoms with van der Waals surface area (Å²) in [7, 11) is -2.92. The fraction of sp³-hybridized carbons (Fsp3) is 0.667. The van der Waals surface area contributed by atoms with Gasteiger partial charge in [-0.15, -0.1) is 0 Å². The van der Waals surface area contributed by atoms with E-state index >= 15 is 0 Å². The summed E-state index contributed by atoms with van der Waals surface area (Å²) in [5.74, 6) is 0. The Bertz CT molecular complexity index is 379. The van der Waals surface area contributed by atoms with Crippen LogP contribution in [0.3, 0.4) is 0 Å². The highest BCUT2D eigenvalue weighted by atomic mass is 28.4. The minimum Gasteiger partial charge on any atom is -0.367 e. The lowest BCUT2D eigenvalue weighted by Crippen LogP contribution is -2.60. The number of benzene rings is 1. The van der Waals surface area contributed by atoms with Crippen molar-refractivity contribution < 1.29 is 13.3 Å². The van der Waals surface area contributed by atoms with Gasteiger partial charge in [0.05, 0.1) is 0 Å². The quantitative estimate of drug-likeness (QED) is 0.601. The van der Waals surface area contributed by atoms with E-state index in [2.05, 4.69) is 53.7 Å². The topological polar surface area (TPSA) is 27.7 Å². The first kappa shape index (κ1) is 19.4. The SMILES string of the molecule is CCC(C)O[Si](OC(C)CC)(OC(C)CC)c1ccccc1. The summed E-state index contributed by atoms with van der Waals surface area (Å²) in [5, 5.41) is 1.05. The number of hydrogen-bond acceptors (Lipinski definition) is 3. The summed E-state index contributed by atoms with van der Waals surface area (Å²) in [6, 6.07) is 10.2. The van der Waals surface area contributed by atoms with Crippen molar-refractivity contribution in [3.63, 3.8) is 0 Å². The summed E-state index contributed by atoms with van der Waals surface area (Å²) in [6.07, 6.45) is 3.15. The van der Waals surface area contributed by atoms with E-state index in [-0.39, 0.29) is 18.3 Å². The van der Waals surface area contributed by atoms with E-state index in [4.69, 9.17) is 13.3 Å². The zero-order chi connectivity index (χ0) is 16.6. The van der Waals surface area contributed by atoms with Crippen LogP contribution in [0.25, 0.3) is 0 Å². The molecule has 0 saturated heterocycles. The molecule has 1 aromatic rings. The molecule has 3 unspecified atom stereocenters. The van der Waals surface area contributed by atoms with Gasteiger partial charge in [-0.2, -0.15) is 0 Å². The van der Waals surface area contributed by atoms with Gasteiger partial charge in [0.1, 0.15) is 0 Å². The molecule has 0 bridgehead atoms. The van der Waals surface area contributed by atoms with E-state index in [1.165, 1.54) is 0 Å². The molecule has 0 radical (unpaired) electrons. The molecule has 0 aromatic heterocycles. The van der Waals surface area contributed by atoms with Crippen LogP contribution in [0, 0.1) is 0 Å². The zero-order valence-corrected chi connectivity index (χ0v) is 16.0. The monoisotopic (exact) mass is 324 g/mol. The molecule has 4 heteroatoms. The third kappa shape index (κ3) is 5.50. The molecular formula is C18H32O3Si. The Kier molecular flexibility index (Phi) is 8.32. The highest BCUT2D eigenvalue weighted by Gasteiger charge is 2.47. The molecule has 0 N–H and O–H groups in total. The van der Waals surface area contributed by atoms with Crippen LogP contribution in [0.15, 0.2) is 30.3 Å². The van der Waals surface area contributed by atoms with E-state index < -0.39 is 8.80 Å². The molecule has 3 nitrogen and oxygen atoms in total. The Morgan fingerprint density at radius 1 is 0.727 bits per heavy atom. The third-order valence-corrected chi connectivity index (χ3v) is 7.10. The second-order valence-corrected chi connectivity index (χ2v) is 8.33. The highest BCUT2D eigenvalue weighted by molar-refractivity contribution is 6.75. The zero-order valence-electron chi connectivity index (χ0n) is 15.0. The first-order valence-electron chi connectivity index (χ1n) is 8.56. The van der Waals surface area contributed by atoms with E-state index in [1.807, 2.05) is 18.2 Å². The largest absolute Gasteiger partial charge is 0.537 e. The van der Waals surface area contributed by atoms with Crippen molar-refractivity contribution in [2.24, 2.45) is 0 Å². The van der Waals surface area contributed by atoms with Gasteiger partial charge < -0.3 is 13.3 Å². The van der Waals surface area contributed by atoms with Crippen LogP contribution in [0.2, 0.25) is 0 Å². The Morgan fingerprint density at radius 2 is 1.09 bits per heavy atom. The maximum Gasteiger partial charge on any atom is 0.537 e. The lowest BCUT2D eigenvalue weighted by atomic mass is 10.3. The highest BCUT2D eigenvalue weighted by Crippen LogP contribution is 2.20. The molecule has 0 aliphatic carbocycles. The van der Waals surface area contributed by atoms with Gasteiger partial charge in [0.15, 0.2) is 0 Å². The molecule has 0 spiro atoms. The van der Waals surface area contributed by atoms with Crippen molar-refractivity contribution in [1.29, 1.82) is 0 Å². The lowest BCUT2D eigenvalue weighted by molar-refractivity contribution is 0.000764. The standard InChI is InChI=1S/C18H32O3Si/c1-7-15(4)19-22(20-16(5)8-2,21-17(6)9-3)18-13-11-10-12-14-18/h10-17H,7-9H2,1-6H3. The Labute approximate surface area is 137 Å². The summed E-state index contributed by atoms with van der Waals surface area (Å²) < 4.78 is 19.2. The van der Waals surface area contributed by atoms with Crippen LogP contribution in [-0.2, 0) is 13.3 Å². The molecule has 0 aliphatic heterocycles. The molecule has 1 rings (SSSR count). The molecule has 0 amide bonds. The normalized spacial score (nSPS) is 18.5. The summed E-state index contributed by atoms with van der Waals surface area (Å²) in [5.41, 5.74) is 0. The maximum absolute atomic E-state index is 6.41.